The quantitative estimate of drug-likeness (QED) is 0.856. The van der Waals surface area contributed by atoms with E-state index in [1.165, 1.54) is 5.56 Å². The normalized spacial score (nSPS) is 13.6. The average Bonchev–Trinajstić information content (AvgIpc) is 2.61. The molecule has 0 saturated carbocycles. The third-order valence-electron chi connectivity index (χ3n) is 4.40. The second-order valence-corrected chi connectivity index (χ2v) is 7.82. The monoisotopic (exact) mass is 350 g/mol. The number of fused-ring (bicyclic) bond motifs is 1. The molecule has 2 aromatic rings. The summed E-state index contributed by atoms with van der Waals surface area (Å²) in [5, 5.41) is 2.94. The number of rotatable bonds is 5. The van der Waals surface area contributed by atoms with Crippen molar-refractivity contribution in [3.8, 4) is 5.88 Å². The molecule has 0 bridgehead atoms. The molecule has 0 radical (unpaired) electrons. The number of hydrogen-bond donors (Lipinski definition) is 1. The Morgan fingerprint density at radius 1 is 1.19 bits per heavy atom. The molecule has 136 valence electrons. The van der Waals surface area contributed by atoms with Crippen molar-refractivity contribution < 1.29 is 9.53 Å². The zero-order valence-electron chi connectivity index (χ0n) is 15.7. The lowest BCUT2D eigenvalue weighted by atomic mass is 9.92. The van der Waals surface area contributed by atoms with E-state index in [9.17, 15) is 4.79 Å². The van der Waals surface area contributed by atoms with Crippen LogP contribution in [0.1, 0.15) is 55.1 Å². The largest absolute Gasteiger partial charge is 0.439 e. The van der Waals surface area contributed by atoms with Gasteiger partial charge in [-0.25, -0.2) is 4.98 Å². The molecule has 1 aromatic heterocycles. The molecule has 4 heteroatoms. The number of aryl methyl sites for hydroxylation is 1. The second-order valence-electron chi connectivity index (χ2n) is 7.82. The van der Waals surface area contributed by atoms with Crippen molar-refractivity contribution in [1.29, 1.82) is 0 Å². The molecule has 0 spiro atoms. The van der Waals surface area contributed by atoms with Crippen molar-refractivity contribution in [2.45, 2.75) is 40.0 Å². The Morgan fingerprint density at radius 2 is 2.00 bits per heavy atom. The van der Waals surface area contributed by atoms with E-state index in [2.05, 4.69) is 49.3 Å². The summed E-state index contributed by atoms with van der Waals surface area (Å²) in [5.41, 5.74) is 3.15. The number of benzene rings is 1. The maximum Gasteiger partial charge on any atom is 0.252 e. The summed E-state index contributed by atoms with van der Waals surface area (Å²) >= 11 is 0. The predicted octanol–water partition coefficient (Wildman–Crippen LogP) is 4.61. The van der Waals surface area contributed by atoms with Crippen LogP contribution in [0.5, 0.6) is 5.88 Å². The average molecular weight is 350 g/mol. The van der Waals surface area contributed by atoms with E-state index in [0.717, 1.165) is 30.6 Å². The number of amides is 1. The Balaban J connectivity index is 1.62. The fraction of sp³-hybridized carbons (Fsp3) is 0.364. The summed E-state index contributed by atoms with van der Waals surface area (Å²) in [6.07, 6.45) is 6.58. The molecule has 0 saturated heterocycles. The van der Waals surface area contributed by atoms with Crippen molar-refractivity contribution in [1.82, 2.24) is 10.3 Å². The van der Waals surface area contributed by atoms with Gasteiger partial charge in [0.1, 0.15) is 5.76 Å². The minimum atomic E-state index is -0.101. The summed E-state index contributed by atoms with van der Waals surface area (Å²) < 4.78 is 5.96. The highest BCUT2D eigenvalue weighted by molar-refractivity contribution is 5.93. The van der Waals surface area contributed by atoms with Crippen LogP contribution in [0.4, 0.5) is 0 Å². The Bertz CT molecular complexity index is 802. The molecule has 1 heterocycles. The first-order valence-electron chi connectivity index (χ1n) is 9.13. The van der Waals surface area contributed by atoms with Crippen LogP contribution in [-0.4, -0.2) is 17.4 Å². The highest BCUT2D eigenvalue weighted by Gasteiger charge is 2.15. The van der Waals surface area contributed by atoms with Gasteiger partial charge in [-0.3, -0.25) is 4.79 Å². The van der Waals surface area contributed by atoms with E-state index in [-0.39, 0.29) is 11.3 Å². The van der Waals surface area contributed by atoms with Gasteiger partial charge >= 0.3 is 0 Å². The van der Waals surface area contributed by atoms with Gasteiger partial charge in [0.05, 0.1) is 5.56 Å². The van der Waals surface area contributed by atoms with Gasteiger partial charge in [-0.1, -0.05) is 45.0 Å². The first kappa shape index (κ1) is 18.2. The van der Waals surface area contributed by atoms with Crippen LogP contribution in [0, 0.1) is 5.41 Å². The first-order chi connectivity index (χ1) is 12.4. The number of carbonyl (C=O) groups is 1. The van der Waals surface area contributed by atoms with Crippen LogP contribution in [0.2, 0.25) is 0 Å². The third-order valence-corrected chi connectivity index (χ3v) is 4.40. The SMILES string of the molecule is CC(C)(C)CCNC(=O)c1ccc(OC2=CCCc3ccccc32)nc1. The zero-order valence-corrected chi connectivity index (χ0v) is 15.7. The molecule has 0 unspecified atom stereocenters. The number of ether oxygens (including phenoxy) is 1. The van der Waals surface area contributed by atoms with Gasteiger partial charge in [0.25, 0.3) is 5.91 Å². The lowest BCUT2D eigenvalue weighted by Crippen LogP contribution is -2.27. The summed E-state index contributed by atoms with van der Waals surface area (Å²) in [4.78, 5) is 16.5. The van der Waals surface area contributed by atoms with E-state index in [1.54, 1.807) is 18.3 Å². The Morgan fingerprint density at radius 3 is 2.73 bits per heavy atom. The van der Waals surface area contributed by atoms with Crippen molar-refractivity contribution in [3.63, 3.8) is 0 Å². The number of allylic oxidation sites excluding steroid dienone is 1. The highest BCUT2D eigenvalue weighted by Crippen LogP contribution is 2.28. The van der Waals surface area contributed by atoms with Crippen LogP contribution in [0.15, 0.2) is 48.7 Å². The maximum absolute atomic E-state index is 12.2. The van der Waals surface area contributed by atoms with Crippen molar-refractivity contribution in [2.24, 2.45) is 5.41 Å². The molecule has 26 heavy (non-hydrogen) atoms. The zero-order chi connectivity index (χ0) is 18.6. The molecule has 1 aromatic carbocycles. The molecule has 1 aliphatic rings. The fourth-order valence-electron chi connectivity index (χ4n) is 2.88. The van der Waals surface area contributed by atoms with Crippen LogP contribution in [0.3, 0.4) is 0 Å². The van der Waals surface area contributed by atoms with E-state index in [0.29, 0.717) is 18.0 Å². The molecule has 3 rings (SSSR count). The summed E-state index contributed by atoms with van der Waals surface area (Å²) in [7, 11) is 0. The number of hydrogen-bond acceptors (Lipinski definition) is 3. The minimum absolute atomic E-state index is 0.101. The maximum atomic E-state index is 12.2. The van der Waals surface area contributed by atoms with Crippen LogP contribution in [-0.2, 0) is 6.42 Å². The summed E-state index contributed by atoms with van der Waals surface area (Å²) in [5.74, 6) is 1.23. The smallest absolute Gasteiger partial charge is 0.252 e. The van der Waals surface area contributed by atoms with Gasteiger partial charge in [-0.2, -0.15) is 0 Å². The second kappa shape index (κ2) is 7.73. The van der Waals surface area contributed by atoms with Gasteiger partial charge < -0.3 is 10.1 Å². The summed E-state index contributed by atoms with van der Waals surface area (Å²) in [6.45, 7) is 7.13. The molecule has 4 nitrogen and oxygen atoms in total. The number of aromatic nitrogens is 1. The third kappa shape index (κ3) is 4.72. The van der Waals surface area contributed by atoms with Crippen molar-refractivity contribution >= 4 is 11.7 Å². The van der Waals surface area contributed by atoms with E-state index < -0.39 is 0 Å². The van der Waals surface area contributed by atoms with Gasteiger partial charge in [-0.15, -0.1) is 0 Å². The van der Waals surface area contributed by atoms with E-state index in [4.69, 9.17) is 4.74 Å². The van der Waals surface area contributed by atoms with Crippen molar-refractivity contribution in [2.75, 3.05) is 6.54 Å². The standard InChI is InChI=1S/C22H26N2O2/c1-22(2,3)13-14-23-21(25)17-11-12-20(24-15-17)26-19-10-6-8-16-7-4-5-9-18(16)19/h4-5,7,9-12,15H,6,8,13-14H2,1-3H3,(H,23,25). The Kier molecular flexibility index (Phi) is 5.40. The van der Waals surface area contributed by atoms with E-state index >= 15 is 0 Å². The van der Waals surface area contributed by atoms with Crippen molar-refractivity contribution in [3.05, 3.63) is 65.4 Å². The number of pyridine rings is 1. The van der Waals surface area contributed by atoms with Gasteiger partial charge in [0.2, 0.25) is 5.88 Å². The van der Waals surface area contributed by atoms with Crippen LogP contribution in [0.25, 0.3) is 5.76 Å². The van der Waals surface area contributed by atoms with Gasteiger partial charge in [0, 0.05) is 24.4 Å². The lowest BCUT2D eigenvalue weighted by Gasteiger charge is -2.18. The molecular formula is C22H26N2O2. The minimum Gasteiger partial charge on any atom is -0.439 e. The fourth-order valence-corrected chi connectivity index (χ4v) is 2.88. The molecule has 0 aliphatic heterocycles. The molecular weight excluding hydrogens is 324 g/mol. The number of nitrogens with zero attached hydrogens (tertiary/aromatic N) is 1. The van der Waals surface area contributed by atoms with Crippen LogP contribution < -0.4 is 10.1 Å². The first-order valence-corrected chi connectivity index (χ1v) is 9.13. The molecule has 1 aliphatic carbocycles. The van der Waals surface area contributed by atoms with Gasteiger partial charge in [0.15, 0.2) is 0 Å². The molecule has 0 fully saturated rings. The van der Waals surface area contributed by atoms with E-state index in [1.807, 2.05) is 12.1 Å². The molecule has 1 N–H and O–H groups in total. The van der Waals surface area contributed by atoms with Crippen LogP contribution >= 0.6 is 0 Å². The lowest BCUT2D eigenvalue weighted by molar-refractivity contribution is 0.0949. The predicted molar refractivity (Wildman–Crippen MR) is 104 cm³/mol. The summed E-state index contributed by atoms with van der Waals surface area (Å²) in [6, 6.07) is 11.8. The molecule has 1 amide bonds. The Labute approximate surface area is 155 Å². The topological polar surface area (TPSA) is 51.2 Å². The molecule has 0 atom stereocenters. The number of nitrogens with one attached hydrogen (secondary N) is 1. The Hall–Kier alpha value is -2.62. The highest BCUT2D eigenvalue weighted by atomic mass is 16.5. The number of carbonyl (C=O) groups excluding carboxylic acids is 1. The van der Waals surface area contributed by atoms with Gasteiger partial charge in [-0.05, 0) is 42.4 Å².